The Balaban J connectivity index is 2.51. The number of alkyl halides is 1. The summed E-state index contributed by atoms with van der Waals surface area (Å²) in [4.78, 5) is 13.9. The minimum atomic E-state index is 0.0276. The molecule has 1 amide bonds. The van der Waals surface area contributed by atoms with E-state index in [1.165, 1.54) is 0 Å². The molecule has 0 bridgehead atoms. The molecule has 18 heavy (non-hydrogen) atoms. The van der Waals surface area contributed by atoms with Gasteiger partial charge in [0.1, 0.15) is 5.75 Å². The Morgan fingerprint density at radius 1 is 1.33 bits per heavy atom. The zero-order valence-electron chi connectivity index (χ0n) is 11.0. The van der Waals surface area contributed by atoms with Crippen LogP contribution < -0.4 is 4.74 Å². The van der Waals surface area contributed by atoms with Gasteiger partial charge >= 0.3 is 0 Å². The number of benzene rings is 1. The SMILES string of the molecule is COc1cccc(C(=O)N(C)CCCCCCl)c1. The van der Waals surface area contributed by atoms with E-state index < -0.39 is 0 Å². The maximum absolute atomic E-state index is 12.1. The first-order valence-electron chi connectivity index (χ1n) is 6.14. The number of amides is 1. The van der Waals surface area contributed by atoms with Crippen molar-refractivity contribution in [2.24, 2.45) is 0 Å². The van der Waals surface area contributed by atoms with Crippen LogP contribution in [0.15, 0.2) is 24.3 Å². The van der Waals surface area contributed by atoms with Gasteiger partial charge in [-0.25, -0.2) is 0 Å². The summed E-state index contributed by atoms with van der Waals surface area (Å²) >= 11 is 5.61. The van der Waals surface area contributed by atoms with Crippen molar-refractivity contribution in [2.45, 2.75) is 19.3 Å². The van der Waals surface area contributed by atoms with Crippen molar-refractivity contribution in [3.05, 3.63) is 29.8 Å². The number of carbonyl (C=O) groups excluding carboxylic acids is 1. The molecule has 0 heterocycles. The Kier molecular flexibility index (Phi) is 6.58. The van der Waals surface area contributed by atoms with Crippen molar-refractivity contribution in [3.8, 4) is 5.75 Å². The third-order valence-corrected chi connectivity index (χ3v) is 3.06. The Morgan fingerprint density at radius 3 is 2.78 bits per heavy atom. The van der Waals surface area contributed by atoms with Crippen LogP contribution in [-0.4, -0.2) is 37.4 Å². The highest BCUT2D eigenvalue weighted by Gasteiger charge is 2.11. The van der Waals surface area contributed by atoms with Gasteiger partial charge in [0.05, 0.1) is 7.11 Å². The van der Waals surface area contributed by atoms with Crippen LogP contribution in [0, 0.1) is 0 Å². The minimum absolute atomic E-state index is 0.0276. The van der Waals surface area contributed by atoms with Gasteiger partial charge < -0.3 is 9.64 Å². The quantitative estimate of drug-likeness (QED) is 0.562. The number of hydrogen-bond donors (Lipinski definition) is 0. The van der Waals surface area contributed by atoms with Crippen LogP contribution in [0.4, 0.5) is 0 Å². The minimum Gasteiger partial charge on any atom is -0.497 e. The topological polar surface area (TPSA) is 29.5 Å². The van der Waals surface area contributed by atoms with Crippen LogP contribution >= 0.6 is 11.6 Å². The lowest BCUT2D eigenvalue weighted by atomic mass is 10.2. The molecule has 0 radical (unpaired) electrons. The van der Waals surface area contributed by atoms with Crippen LogP contribution in [0.2, 0.25) is 0 Å². The summed E-state index contributed by atoms with van der Waals surface area (Å²) in [6.07, 6.45) is 3.04. The first-order chi connectivity index (χ1) is 8.69. The molecule has 4 heteroatoms. The monoisotopic (exact) mass is 269 g/mol. The highest BCUT2D eigenvalue weighted by Crippen LogP contribution is 2.14. The van der Waals surface area contributed by atoms with Gasteiger partial charge in [-0.3, -0.25) is 4.79 Å². The lowest BCUT2D eigenvalue weighted by molar-refractivity contribution is 0.0792. The third kappa shape index (κ3) is 4.57. The van der Waals surface area contributed by atoms with Gasteiger partial charge in [-0.15, -0.1) is 11.6 Å². The Labute approximate surface area is 114 Å². The summed E-state index contributed by atoms with van der Waals surface area (Å²) in [5, 5.41) is 0. The van der Waals surface area contributed by atoms with E-state index in [-0.39, 0.29) is 5.91 Å². The fraction of sp³-hybridized carbons (Fsp3) is 0.500. The maximum Gasteiger partial charge on any atom is 0.253 e. The van der Waals surface area contributed by atoms with Gasteiger partial charge in [0.2, 0.25) is 0 Å². The average Bonchev–Trinajstić information content (AvgIpc) is 2.42. The van der Waals surface area contributed by atoms with E-state index in [1.807, 2.05) is 19.2 Å². The van der Waals surface area contributed by atoms with Crippen LogP contribution in [-0.2, 0) is 0 Å². The lowest BCUT2D eigenvalue weighted by Crippen LogP contribution is -2.27. The Bertz CT molecular complexity index is 382. The molecule has 0 unspecified atom stereocenters. The molecule has 0 spiro atoms. The number of ether oxygens (including phenoxy) is 1. The smallest absolute Gasteiger partial charge is 0.253 e. The molecule has 0 aromatic heterocycles. The van der Waals surface area contributed by atoms with Crippen molar-refractivity contribution in [3.63, 3.8) is 0 Å². The highest BCUT2D eigenvalue weighted by molar-refractivity contribution is 6.17. The van der Waals surface area contributed by atoms with E-state index in [0.717, 1.165) is 25.8 Å². The first kappa shape index (κ1) is 14.8. The largest absolute Gasteiger partial charge is 0.497 e. The van der Waals surface area contributed by atoms with Crippen LogP contribution in [0.25, 0.3) is 0 Å². The summed E-state index contributed by atoms with van der Waals surface area (Å²) < 4.78 is 5.11. The van der Waals surface area contributed by atoms with Crippen molar-refractivity contribution in [1.82, 2.24) is 4.90 Å². The predicted molar refractivity (Wildman–Crippen MR) is 74.5 cm³/mol. The summed E-state index contributed by atoms with van der Waals surface area (Å²) in [6.45, 7) is 0.757. The van der Waals surface area contributed by atoms with E-state index in [0.29, 0.717) is 17.2 Å². The second kappa shape index (κ2) is 7.98. The summed E-state index contributed by atoms with van der Waals surface area (Å²) in [7, 11) is 3.42. The zero-order chi connectivity index (χ0) is 13.4. The van der Waals surface area contributed by atoms with E-state index >= 15 is 0 Å². The molecule has 0 saturated carbocycles. The molecule has 100 valence electrons. The fourth-order valence-electron chi connectivity index (χ4n) is 1.70. The third-order valence-electron chi connectivity index (χ3n) is 2.79. The summed E-state index contributed by atoms with van der Waals surface area (Å²) in [5.41, 5.74) is 0.661. The van der Waals surface area contributed by atoms with Crippen molar-refractivity contribution >= 4 is 17.5 Å². The van der Waals surface area contributed by atoms with E-state index in [4.69, 9.17) is 16.3 Å². The van der Waals surface area contributed by atoms with Crippen molar-refractivity contribution in [1.29, 1.82) is 0 Å². The van der Waals surface area contributed by atoms with Crippen LogP contribution in [0.1, 0.15) is 29.6 Å². The highest BCUT2D eigenvalue weighted by atomic mass is 35.5. The van der Waals surface area contributed by atoms with Crippen molar-refractivity contribution < 1.29 is 9.53 Å². The number of halogens is 1. The molecule has 0 saturated heterocycles. The second-order valence-electron chi connectivity index (χ2n) is 4.21. The van der Waals surface area contributed by atoms with Gasteiger partial charge in [0.15, 0.2) is 0 Å². The molecule has 1 rings (SSSR count). The molecular formula is C14H20ClNO2. The summed E-state index contributed by atoms with van der Waals surface area (Å²) in [5.74, 6) is 1.42. The first-order valence-corrected chi connectivity index (χ1v) is 6.68. The molecule has 0 N–H and O–H groups in total. The standard InChI is InChI=1S/C14H20ClNO2/c1-16(10-5-3-4-9-15)14(17)12-7-6-8-13(11-12)18-2/h6-8,11H,3-5,9-10H2,1-2H3. The van der Waals surface area contributed by atoms with Gasteiger partial charge in [0.25, 0.3) is 5.91 Å². The number of nitrogens with zero attached hydrogens (tertiary/aromatic N) is 1. The molecule has 1 aromatic carbocycles. The molecule has 0 aliphatic heterocycles. The second-order valence-corrected chi connectivity index (χ2v) is 4.59. The molecule has 1 aromatic rings. The van der Waals surface area contributed by atoms with Gasteiger partial charge in [-0.05, 0) is 31.0 Å². The number of carbonyl (C=O) groups is 1. The molecule has 0 aliphatic carbocycles. The Morgan fingerprint density at radius 2 is 2.11 bits per heavy atom. The van der Waals surface area contributed by atoms with Crippen LogP contribution in [0.5, 0.6) is 5.75 Å². The summed E-state index contributed by atoms with van der Waals surface area (Å²) in [6, 6.07) is 7.22. The van der Waals surface area contributed by atoms with E-state index in [2.05, 4.69) is 0 Å². The van der Waals surface area contributed by atoms with E-state index in [9.17, 15) is 4.79 Å². The molecule has 0 aliphatic rings. The Hall–Kier alpha value is -1.22. The van der Waals surface area contributed by atoms with Gasteiger partial charge in [-0.2, -0.15) is 0 Å². The molecule has 0 atom stereocenters. The number of hydrogen-bond acceptors (Lipinski definition) is 2. The zero-order valence-corrected chi connectivity index (χ0v) is 11.7. The van der Waals surface area contributed by atoms with E-state index in [1.54, 1.807) is 24.1 Å². The number of rotatable bonds is 7. The predicted octanol–water partition coefficient (Wildman–Crippen LogP) is 3.18. The van der Waals surface area contributed by atoms with Gasteiger partial charge in [-0.1, -0.05) is 12.5 Å². The van der Waals surface area contributed by atoms with Gasteiger partial charge in [0, 0.05) is 25.0 Å². The molecule has 0 fully saturated rings. The molecule has 3 nitrogen and oxygen atoms in total. The number of unbranched alkanes of at least 4 members (excludes halogenated alkanes) is 2. The molecular weight excluding hydrogens is 250 g/mol. The fourth-order valence-corrected chi connectivity index (χ4v) is 1.89. The number of methoxy groups -OCH3 is 1. The maximum atomic E-state index is 12.1. The van der Waals surface area contributed by atoms with Crippen LogP contribution in [0.3, 0.4) is 0 Å². The lowest BCUT2D eigenvalue weighted by Gasteiger charge is -2.17. The normalized spacial score (nSPS) is 10.2. The average molecular weight is 270 g/mol. The van der Waals surface area contributed by atoms with Crippen molar-refractivity contribution in [2.75, 3.05) is 26.6 Å².